The second kappa shape index (κ2) is 10.6. The molecule has 1 aliphatic heterocycles. The van der Waals surface area contributed by atoms with Gasteiger partial charge in [0.2, 0.25) is 0 Å². The van der Waals surface area contributed by atoms with Crippen molar-refractivity contribution in [3.8, 4) is 5.75 Å². The van der Waals surface area contributed by atoms with E-state index in [2.05, 4.69) is 38.1 Å². The lowest BCUT2D eigenvalue weighted by Crippen LogP contribution is -2.43. The Balaban J connectivity index is 1.54. The highest BCUT2D eigenvalue weighted by atomic mass is 32.2. The number of hydrogen-bond donors (Lipinski definition) is 0. The maximum absolute atomic E-state index is 12.9. The van der Waals surface area contributed by atoms with Crippen molar-refractivity contribution in [2.45, 2.75) is 49.7 Å². The van der Waals surface area contributed by atoms with Crippen LogP contribution in [-0.2, 0) is 26.1 Å². The van der Waals surface area contributed by atoms with E-state index in [0.29, 0.717) is 17.9 Å². The second-order valence-electron chi connectivity index (χ2n) is 10.1. The molecular formula is C30H28F3NO5S. The third-order valence-electron chi connectivity index (χ3n) is 7.27. The van der Waals surface area contributed by atoms with Gasteiger partial charge in [0.15, 0.2) is 0 Å². The van der Waals surface area contributed by atoms with E-state index in [9.17, 15) is 26.4 Å². The van der Waals surface area contributed by atoms with Gasteiger partial charge in [-0.05, 0) is 90.3 Å². The molecule has 1 fully saturated rings. The van der Waals surface area contributed by atoms with Crippen LogP contribution in [0.4, 0.5) is 18.9 Å². The summed E-state index contributed by atoms with van der Waals surface area (Å²) >= 11 is 0. The number of alkyl halides is 3. The summed E-state index contributed by atoms with van der Waals surface area (Å²) < 4.78 is 71.1. The Hall–Kier alpha value is -3.79. The minimum atomic E-state index is -5.78. The van der Waals surface area contributed by atoms with Gasteiger partial charge < -0.3 is 13.8 Å². The first-order valence-electron chi connectivity index (χ1n) is 12.8. The fourth-order valence-electron chi connectivity index (χ4n) is 5.17. The van der Waals surface area contributed by atoms with Crippen molar-refractivity contribution in [3.05, 3.63) is 101 Å². The molecule has 0 aromatic heterocycles. The van der Waals surface area contributed by atoms with Gasteiger partial charge in [-0.3, -0.25) is 0 Å². The maximum Gasteiger partial charge on any atom is 0.534 e. The first-order chi connectivity index (χ1) is 19.0. The summed E-state index contributed by atoms with van der Waals surface area (Å²) in [5.74, 6) is -0.237. The molecule has 0 bridgehead atoms. The molecule has 0 spiro atoms. The van der Waals surface area contributed by atoms with Crippen molar-refractivity contribution >= 4 is 27.9 Å². The van der Waals surface area contributed by atoms with Gasteiger partial charge in [0.1, 0.15) is 5.75 Å². The molecule has 210 valence electrons. The highest BCUT2D eigenvalue weighted by Crippen LogP contribution is 2.44. The lowest BCUT2D eigenvalue weighted by atomic mass is 9.84. The minimum absolute atomic E-state index is 0.0716. The van der Waals surface area contributed by atoms with Gasteiger partial charge >= 0.3 is 21.6 Å². The summed E-state index contributed by atoms with van der Waals surface area (Å²) in [5.41, 5.74) is 0.0334. The fraction of sp³-hybridized carbons (Fsp3) is 0.300. The average Bonchev–Trinajstić information content (AvgIpc) is 3.76. The van der Waals surface area contributed by atoms with Gasteiger partial charge in [0, 0.05) is 17.8 Å². The number of halogens is 3. The maximum atomic E-state index is 12.9. The molecule has 0 saturated heterocycles. The molecule has 0 unspecified atom stereocenters. The first kappa shape index (κ1) is 27.8. The summed E-state index contributed by atoms with van der Waals surface area (Å²) in [4.78, 5) is 13.8. The molecule has 5 rings (SSSR count). The number of methoxy groups -OCH3 is 1. The van der Waals surface area contributed by atoms with Crippen molar-refractivity contribution in [2.75, 3.05) is 12.0 Å². The third kappa shape index (κ3) is 5.72. The van der Waals surface area contributed by atoms with E-state index in [-0.39, 0.29) is 17.8 Å². The van der Waals surface area contributed by atoms with E-state index < -0.39 is 21.6 Å². The second-order valence-corrected chi connectivity index (χ2v) is 11.6. The van der Waals surface area contributed by atoms with Crippen LogP contribution in [0.2, 0.25) is 0 Å². The number of esters is 1. The molecule has 1 saturated carbocycles. The van der Waals surface area contributed by atoms with Gasteiger partial charge in [-0.1, -0.05) is 42.5 Å². The summed E-state index contributed by atoms with van der Waals surface area (Å²) in [6.45, 7) is 2.03. The van der Waals surface area contributed by atoms with E-state index in [1.165, 1.54) is 43.7 Å². The lowest BCUT2D eigenvalue weighted by Gasteiger charge is -2.44. The number of fused-ring (bicyclic) bond motifs is 1. The molecule has 0 amide bonds. The molecule has 0 radical (unpaired) electrons. The molecule has 1 heterocycles. The Morgan fingerprint density at radius 1 is 0.975 bits per heavy atom. The summed E-state index contributed by atoms with van der Waals surface area (Å²) in [5, 5.41) is 0. The molecule has 1 aliphatic carbocycles. The molecule has 3 aromatic rings. The highest BCUT2D eigenvalue weighted by Gasteiger charge is 2.48. The normalized spacial score (nSPS) is 19.4. The number of benzene rings is 3. The number of rotatable bonds is 7. The van der Waals surface area contributed by atoms with E-state index in [1.807, 2.05) is 31.2 Å². The number of nitrogens with zero attached hydrogens (tertiary/aromatic N) is 1. The average molecular weight is 572 g/mol. The molecule has 40 heavy (non-hydrogen) atoms. The standard InChI is InChI=1S/C30H28F3NO5S/c1-19-17-24-18-26(39-40(36,37)30(31,32)33)14-15-27(24)29(23-6-3-20(4-7-23)5-16-28(35)38-2)34(19)25-12-10-22(11-13-25)21-8-9-21/h3-7,10-16,18-19,21,29H,8-9,17H2,1-2H3/b16-5+/t19-,29-/m1/s1. The van der Waals surface area contributed by atoms with Crippen LogP contribution >= 0.6 is 0 Å². The monoisotopic (exact) mass is 571 g/mol. The summed E-state index contributed by atoms with van der Waals surface area (Å²) in [7, 11) is -4.48. The quantitative estimate of drug-likeness (QED) is 0.139. The summed E-state index contributed by atoms with van der Waals surface area (Å²) in [6.07, 6.45) is 5.84. The zero-order valence-electron chi connectivity index (χ0n) is 21.9. The smallest absolute Gasteiger partial charge is 0.466 e. The van der Waals surface area contributed by atoms with Crippen molar-refractivity contribution in [3.63, 3.8) is 0 Å². The van der Waals surface area contributed by atoms with E-state index in [1.54, 1.807) is 12.1 Å². The zero-order chi connectivity index (χ0) is 28.7. The van der Waals surface area contributed by atoms with Gasteiger partial charge in [0.05, 0.1) is 13.2 Å². The largest absolute Gasteiger partial charge is 0.534 e. The SMILES string of the molecule is COC(=O)/C=C/c1ccc([C@@H]2c3ccc(OS(=O)(=O)C(F)(F)F)cc3C[C@@H](C)N2c2ccc(C3CC3)cc2)cc1. The Kier molecular flexibility index (Phi) is 7.39. The molecule has 0 N–H and O–H groups in total. The van der Waals surface area contributed by atoms with Crippen LogP contribution in [0.15, 0.2) is 72.8 Å². The van der Waals surface area contributed by atoms with Crippen LogP contribution in [-0.4, -0.2) is 33.0 Å². The number of hydrogen-bond acceptors (Lipinski definition) is 6. The van der Waals surface area contributed by atoms with Crippen molar-refractivity contribution < 1.29 is 35.3 Å². The van der Waals surface area contributed by atoms with Crippen molar-refractivity contribution in [1.82, 2.24) is 0 Å². The Morgan fingerprint density at radius 3 is 2.23 bits per heavy atom. The summed E-state index contributed by atoms with van der Waals surface area (Å²) in [6, 6.07) is 20.0. The Bertz CT molecular complexity index is 1530. The lowest BCUT2D eigenvalue weighted by molar-refractivity contribution is -0.134. The molecule has 2 aliphatic rings. The molecule has 2 atom stereocenters. The van der Waals surface area contributed by atoms with Gasteiger partial charge in [-0.25, -0.2) is 4.79 Å². The van der Waals surface area contributed by atoms with Crippen molar-refractivity contribution in [2.24, 2.45) is 0 Å². The molecular weight excluding hydrogens is 543 g/mol. The molecule has 3 aromatic carbocycles. The van der Waals surface area contributed by atoms with Crippen LogP contribution in [0, 0.1) is 0 Å². The zero-order valence-corrected chi connectivity index (χ0v) is 22.7. The van der Waals surface area contributed by atoms with E-state index in [4.69, 9.17) is 0 Å². The van der Waals surface area contributed by atoms with Crippen LogP contribution in [0.3, 0.4) is 0 Å². The van der Waals surface area contributed by atoms with Crippen LogP contribution < -0.4 is 9.08 Å². The van der Waals surface area contributed by atoms with Crippen LogP contribution in [0.25, 0.3) is 6.08 Å². The minimum Gasteiger partial charge on any atom is -0.466 e. The van der Waals surface area contributed by atoms with Gasteiger partial charge in [-0.2, -0.15) is 21.6 Å². The van der Waals surface area contributed by atoms with Gasteiger partial charge in [-0.15, -0.1) is 0 Å². The first-order valence-corrected chi connectivity index (χ1v) is 14.3. The Morgan fingerprint density at radius 2 is 1.62 bits per heavy atom. The highest BCUT2D eigenvalue weighted by molar-refractivity contribution is 7.88. The van der Waals surface area contributed by atoms with Crippen molar-refractivity contribution in [1.29, 1.82) is 0 Å². The molecule has 10 heteroatoms. The predicted molar refractivity (Wildman–Crippen MR) is 145 cm³/mol. The molecule has 6 nitrogen and oxygen atoms in total. The topological polar surface area (TPSA) is 72.9 Å². The van der Waals surface area contributed by atoms with Crippen LogP contribution in [0.5, 0.6) is 5.75 Å². The number of carbonyl (C=O) groups is 1. The Labute approximate surface area is 231 Å². The van der Waals surface area contributed by atoms with Gasteiger partial charge in [0.25, 0.3) is 0 Å². The fourth-order valence-corrected chi connectivity index (χ4v) is 5.62. The number of ether oxygens (including phenoxy) is 1. The van der Waals surface area contributed by atoms with E-state index in [0.717, 1.165) is 22.4 Å². The third-order valence-corrected chi connectivity index (χ3v) is 8.25. The predicted octanol–water partition coefficient (Wildman–Crippen LogP) is 6.52. The van der Waals surface area contributed by atoms with E-state index >= 15 is 0 Å². The van der Waals surface area contributed by atoms with Crippen LogP contribution in [0.1, 0.15) is 59.5 Å². The number of anilines is 1. The number of carbonyl (C=O) groups excluding carboxylic acids is 1.